The first-order valence-corrected chi connectivity index (χ1v) is 10.3. The van der Waals surface area contributed by atoms with Crippen molar-refractivity contribution in [3.8, 4) is 0 Å². The zero-order valence-corrected chi connectivity index (χ0v) is 14.0. The summed E-state index contributed by atoms with van der Waals surface area (Å²) in [5.74, 6) is 0. The van der Waals surface area contributed by atoms with E-state index in [2.05, 4.69) is 12.7 Å². The molecule has 2 atom stereocenters. The molecule has 0 aromatic carbocycles. The van der Waals surface area contributed by atoms with Gasteiger partial charge in [-0.05, 0) is 44.9 Å². The molecule has 2 aliphatic heterocycles. The SMILES string of the molecule is C=CCCCCCCCCC1=CC2CCCC(C1)S2(=O)=O. The second-order valence-electron chi connectivity index (χ2n) is 6.66. The van der Waals surface area contributed by atoms with Gasteiger partial charge in [-0.2, -0.15) is 0 Å². The molecule has 2 heterocycles. The highest BCUT2D eigenvalue weighted by molar-refractivity contribution is 7.92. The molecule has 0 radical (unpaired) electrons. The number of allylic oxidation sites excluding steroid dienone is 2. The molecule has 3 heteroatoms. The number of hydrogen-bond acceptors (Lipinski definition) is 2. The molecule has 0 saturated carbocycles. The van der Waals surface area contributed by atoms with Crippen LogP contribution in [0.25, 0.3) is 0 Å². The van der Waals surface area contributed by atoms with Crippen LogP contribution in [-0.2, 0) is 9.84 Å². The standard InChI is InChI=1S/C18H30O2S/c1-2-3-4-5-6-7-8-9-11-16-14-17-12-10-13-18(15-16)21(17,19)20/h2,14,17-18H,1,3-13,15H2. The van der Waals surface area contributed by atoms with Gasteiger partial charge in [0.1, 0.15) is 0 Å². The Bertz CT molecular complexity index is 462. The average Bonchev–Trinajstić information content (AvgIpc) is 2.42. The Labute approximate surface area is 130 Å². The lowest BCUT2D eigenvalue weighted by Crippen LogP contribution is -2.38. The van der Waals surface area contributed by atoms with Gasteiger partial charge >= 0.3 is 0 Å². The maximum atomic E-state index is 12.2. The van der Waals surface area contributed by atoms with Crippen LogP contribution in [0.3, 0.4) is 0 Å². The van der Waals surface area contributed by atoms with Gasteiger partial charge in [-0.15, -0.1) is 6.58 Å². The van der Waals surface area contributed by atoms with E-state index in [1.807, 2.05) is 6.08 Å². The lowest BCUT2D eigenvalue weighted by molar-refractivity contribution is 0.502. The summed E-state index contributed by atoms with van der Waals surface area (Å²) in [5, 5.41) is -0.214. The molecule has 2 nitrogen and oxygen atoms in total. The summed E-state index contributed by atoms with van der Waals surface area (Å²) >= 11 is 0. The van der Waals surface area contributed by atoms with Crippen molar-refractivity contribution in [2.24, 2.45) is 0 Å². The molecule has 0 aromatic heterocycles. The normalized spacial score (nSPS) is 27.1. The molecular formula is C18H30O2S. The van der Waals surface area contributed by atoms with Gasteiger partial charge in [0.2, 0.25) is 0 Å². The van der Waals surface area contributed by atoms with Gasteiger partial charge in [0.25, 0.3) is 0 Å². The number of unbranched alkanes of at least 4 members (excludes halogenated alkanes) is 6. The molecule has 120 valence electrons. The minimum Gasteiger partial charge on any atom is -0.228 e. The van der Waals surface area contributed by atoms with E-state index in [1.54, 1.807) is 0 Å². The Hall–Kier alpha value is -0.570. The topological polar surface area (TPSA) is 34.1 Å². The first-order chi connectivity index (χ1) is 10.1. The lowest BCUT2D eigenvalue weighted by atomic mass is 9.94. The third-order valence-corrected chi connectivity index (χ3v) is 7.52. The second-order valence-corrected chi connectivity index (χ2v) is 9.11. The van der Waals surface area contributed by atoms with Crippen molar-refractivity contribution < 1.29 is 8.42 Å². The van der Waals surface area contributed by atoms with Gasteiger partial charge < -0.3 is 0 Å². The molecule has 21 heavy (non-hydrogen) atoms. The van der Waals surface area contributed by atoms with Crippen molar-refractivity contribution in [2.75, 3.05) is 0 Å². The number of hydrogen-bond donors (Lipinski definition) is 0. The molecule has 2 rings (SSSR count). The van der Waals surface area contributed by atoms with E-state index in [0.717, 1.165) is 38.5 Å². The van der Waals surface area contributed by atoms with Crippen LogP contribution >= 0.6 is 0 Å². The van der Waals surface area contributed by atoms with Crippen molar-refractivity contribution in [1.29, 1.82) is 0 Å². The summed E-state index contributed by atoms with van der Waals surface area (Å²) in [4.78, 5) is 0. The predicted octanol–water partition coefficient (Wildman–Crippen LogP) is 4.96. The molecule has 0 amide bonds. The molecule has 2 aliphatic rings. The molecule has 1 fully saturated rings. The van der Waals surface area contributed by atoms with Crippen LogP contribution in [0.1, 0.15) is 77.0 Å². The molecule has 2 bridgehead atoms. The Morgan fingerprint density at radius 2 is 1.81 bits per heavy atom. The average molecular weight is 311 g/mol. The van der Waals surface area contributed by atoms with Gasteiger partial charge in [0, 0.05) is 0 Å². The van der Waals surface area contributed by atoms with Crippen molar-refractivity contribution in [3.63, 3.8) is 0 Å². The molecule has 0 spiro atoms. The summed E-state index contributed by atoms with van der Waals surface area (Å²) in [6.07, 6.45) is 17.7. The molecule has 0 aromatic rings. The zero-order valence-electron chi connectivity index (χ0n) is 13.2. The summed E-state index contributed by atoms with van der Waals surface area (Å²) < 4.78 is 24.4. The van der Waals surface area contributed by atoms with E-state index in [1.165, 1.54) is 44.1 Å². The van der Waals surface area contributed by atoms with Crippen molar-refractivity contribution in [3.05, 3.63) is 24.3 Å². The molecule has 2 unspecified atom stereocenters. The highest BCUT2D eigenvalue weighted by Gasteiger charge is 2.39. The van der Waals surface area contributed by atoms with Crippen molar-refractivity contribution >= 4 is 9.84 Å². The van der Waals surface area contributed by atoms with Crippen LogP contribution in [0, 0.1) is 0 Å². The highest BCUT2D eigenvalue weighted by atomic mass is 32.2. The molecular weight excluding hydrogens is 280 g/mol. The largest absolute Gasteiger partial charge is 0.228 e. The van der Waals surface area contributed by atoms with Crippen molar-refractivity contribution in [1.82, 2.24) is 0 Å². The highest BCUT2D eigenvalue weighted by Crippen LogP contribution is 2.37. The fourth-order valence-electron chi connectivity index (χ4n) is 3.68. The Morgan fingerprint density at radius 3 is 2.52 bits per heavy atom. The molecule has 1 saturated heterocycles. The van der Waals surface area contributed by atoms with Gasteiger partial charge in [-0.25, -0.2) is 8.42 Å². The third kappa shape index (κ3) is 4.70. The van der Waals surface area contributed by atoms with Crippen LogP contribution in [0.15, 0.2) is 24.3 Å². The first kappa shape index (κ1) is 16.8. The second kappa shape index (κ2) is 8.17. The predicted molar refractivity (Wildman–Crippen MR) is 90.2 cm³/mol. The van der Waals surface area contributed by atoms with Crippen LogP contribution in [0.2, 0.25) is 0 Å². The van der Waals surface area contributed by atoms with Gasteiger partial charge in [-0.3, -0.25) is 0 Å². The van der Waals surface area contributed by atoms with E-state index >= 15 is 0 Å². The van der Waals surface area contributed by atoms with E-state index in [-0.39, 0.29) is 10.5 Å². The van der Waals surface area contributed by atoms with Gasteiger partial charge in [-0.1, -0.05) is 49.8 Å². The van der Waals surface area contributed by atoms with Crippen LogP contribution < -0.4 is 0 Å². The quantitative estimate of drug-likeness (QED) is 0.445. The number of fused-ring (bicyclic) bond motifs is 2. The zero-order chi connectivity index (χ0) is 15.1. The fraction of sp³-hybridized carbons (Fsp3) is 0.778. The summed E-state index contributed by atoms with van der Waals surface area (Å²) in [5.41, 5.74) is 1.42. The van der Waals surface area contributed by atoms with Crippen LogP contribution in [0.5, 0.6) is 0 Å². The maximum Gasteiger partial charge on any atom is 0.159 e. The van der Waals surface area contributed by atoms with Gasteiger partial charge in [0.05, 0.1) is 10.5 Å². The Balaban J connectivity index is 1.66. The summed E-state index contributed by atoms with van der Waals surface area (Å²) in [6, 6.07) is 0. The third-order valence-electron chi connectivity index (χ3n) is 4.97. The van der Waals surface area contributed by atoms with Crippen molar-refractivity contribution in [2.45, 2.75) is 87.5 Å². The van der Waals surface area contributed by atoms with E-state index in [9.17, 15) is 8.42 Å². The summed E-state index contributed by atoms with van der Waals surface area (Å²) in [7, 11) is -2.83. The Kier molecular flexibility index (Phi) is 6.53. The lowest BCUT2D eigenvalue weighted by Gasteiger charge is -2.33. The summed E-state index contributed by atoms with van der Waals surface area (Å²) in [6.45, 7) is 3.74. The Morgan fingerprint density at radius 1 is 1.10 bits per heavy atom. The minimum absolute atomic E-state index is 0.0600. The first-order valence-electron chi connectivity index (χ1n) is 8.68. The smallest absolute Gasteiger partial charge is 0.159 e. The molecule has 0 aliphatic carbocycles. The minimum atomic E-state index is -2.83. The fourth-order valence-corrected chi connectivity index (χ4v) is 5.99. The molecule has 0 N–H and O–H groups in total. The van der Waals surface area contributed by atoms with Crippen LogP contribution in [-0.4, -0.2) is 18.9 Å². The van der Waals surface area contributed by atoms with Gasteiger partial charge in [0.15, 0.2) is 9.84 Å². The maximum absolute atomic E-state index is 12.2. The van der Waals surface area contributed by atoms with E-state index in [0.29, 0.717) is 0 Å². The van der Waals surface area contributed by atoms with Crippen LogP contribution in [0.4, 0.5) is 0 Å². The number of rotatable bonds is 9. The monoisotopic (exact) mass is 310 g/mol. The number of sulfone groups is 1. The van der Waals surface area contributed by atoms with E-state index < -0.39 is 9.84 Å². The van der Waals surface area contributed by atoms with E-state index in [4.69, 9.17) is 0 Å².